The molecule has 1 aromatic rings. The van der Waals surface area contributed by atoms with Crippen molar-refractivity contribution in [3.63, 3.8) is 0 Å². The second-order valence-electron chi connectivity index (χ2n) is 4.70. The number of hydrogen-bond acceptors (Lipinski definition) is 2. The molecule has 0 saturated carbocycles. The quantitative estimate of drug-likeness (QED) is 0.491. The van der Waals surface area contributed by atoms with E-state index < -0.39 is 0 Å². The molecule has 0 radical (unpaired) electrons. The van der Waals surface area contributed by atoms with Crippen molar-refractivity contribution in [2.24, 2.45) is 0 Å². The number of aliphatic hydroxyl groups is 1. The first-order valence-corrected chi connectivity index (χ1v) is 7.05. The van der Waals surface area contributed by atoms with Crippen LogP contribution in [0.15, 0.2) is 42.5 Å². The third kappa shape index (κ3) is 6.42. The highest BCUT2D eigenvalue weighted by Gasteiger charge is 2.20. The molecule has 0 aliphatic rings. The van der Waals surface area contributed by atoms with Crippen molar-refractivity contribution in [1.29, 1.82) is 0 Å². The Morgan fingerprint density at radius 2 is 1.75 bits per heavy atom. The summed E-state index contributed by atoms with van der Waals surface area (Å²) < 4.78 is 6.53. The van der Waals surface area contributed by atoms with Gasteiger partial charge in [0, 0.05) is 0 Å². The summed E-state index contributed by atoms with van der Waals surface area (Å²) in [5.41, 5.74) is 0. The summed E-state index contributed by atoms with van der Waals surface area (Å²) >= 11 is 0. The Morgan fingerprint density at radius 1 is 1.10 bits per heavy atom. The van der Waals surface area contributed by atoms with Crippen LogP contribution in [0.2, 0.25) is 0 Å². The summed E-state index contributed by atoms with van der Waals surface area (Å²) in [5.74, 6) is 0.897. The van der Waals surface area contributed by atoms with Crippen molar-refractivity contribution >= 4 is 0 Å². The molecular weight excluding hydrogens is 274 g/mol. The summed E-state index contributed by atoms with van der Waals surface area (Å²) in [6.07, 6.45) is 4.22. The molecule has 1 N–H and O–H groups in total. The molecule has 1 aromatic carbocycles. The van der Waals surface area contributed by atoms with Crippen LogP contribution in [-0.2, 0) is 0 Å². The molecule has 20 heavy (non-hydrogen) atoms. The Labute approximate surface area is 128 Å². The average molecular weight is 300 g/mol. The Kier molecular flexibility index (Phi) is 10.2. The van der Waals surface area contributed by atoms with Crippen LogP contribution in [0.1, 0.15) is 13.8 Å². The normalized spacial score (nSPS) is 11.3. The van der Waals surface area contributed by atoms with Crippen LogP contribution in [0.3, 0.4) is 0 Å². The van der Waals surface area contributed by atoms with Gasteiger partial charge in [0.05, 0.1) is 26.2 Å². The predicted molar refractivity (Wildman–Crippen MR) is 79.2 cm³/mol. The molecule has 114 valence electrons. The number of hydrogen-bond donors (Lipinski definition) is 1. The number of ether oxygens (including phenoxy) is 1. The number of quaternary nitrogens is 1. The van der Waals surface area contributed by atoms with Gasteiger partial charge in [-0.25, -0.2) is 0 Å². The first kappa shape index (κ1) is 19.0. The molecule has 0 spiro atoms. The number of rotatable bonds is 9. The monoisotopic (exact) mass is 299 g/mol. The van der Waals surface area contributed by atoms with Gasteiger partial charge < -0.3 is 26.7 Å². The highest BCUT2D eigenvalue weighted by atomic mass is 35.5. The van der Waals surface area contributed by atoms with Gasteiger partial charge in [-0.05, 0) is 38.1 Å². The van der Waals surface area contributed by atoms with Gasteiger partial charge in [0.25, 0.3) is 0 Å². The van der Waals surface area contributed by atoms with E-state index in [0.29, 0.717) is 6.61 Å². The zero-order chi connectivity index (χ0) is 14.0. The second-order valence-corrected chi connectivity index (χ2v) is 4.70. The summed E-state index contributed by atoms with van der Waals surface area (Å²) in [6.45, 7) is 9.04. The number of aliphatic hydroxyl groups excluding tert-OH is 1. The van der Waals surface area contributed by atoms with Crippen molar-refractivity contribution in [2.45, 2.75) is 13.8 Å². The number of halogens is 1. The van der Waals surface area contributed by atoms with Crippen LogP contribution in [0.25, 0.3) is 0 Å². The maximum atomic E-state index is 9.15. The minimum absolute atomic E-state index is 0. The number of nitrogens with zero attached hydrogens (tertiary/aromatic N) is 1. The zero-order valence-corrected chi connectivity index (χ0v) is 13.2. The largest absolute Gasteiger partial charge is 1.00 e. The van der Waals surface area contributed by atoms with Gasteiger partial charge in [0.2, 0.25) is 0 Å². The number of para-hydroxylation sites is 1. The van der Waals surface area contributed by atoms with Crippen LogP contribution in [0, 0.1) is 0 Å². The van der Waals surface area contributed by atoms with E-state index in [4.69, 9.17) is 9.84 Å². The van der Waals surface area contributed by atoms with E-state index in [1.165, 1.54) is 0 Å². The van der Waals surface area contributed by atoms with E-state index in [1.54, 1.807) is 0 Å². The van der Waals surface area contributed by atoms with Crippen molar-refractivity contribution in [3.8, 4) is 5.75 Å². The minimum atomic E-state index is 0. The molecule has 0 heterocycles. The van der Waals surface area contributed by atoms with Crippen molar-refractivity contribution in [1.82, 2.24) is 0 Å². The van der Waals surface area contributed by atoms with E-state index >= 15 is 0 Å². The molecule has 0 aliphatic carbocycles. The molecule has 0 unspecified atom stereocenters. The third-order valence-corrected chi connectivity index (χ3v) is 3.66. The van der Waals surface area contributed by atoms with Crippen LogP contribution < -0.4 is 17.1 Å². The summed E-state index contributed by atoms with van der Waals surface area (Å²) in [6, 6.07) is 9.83. The highest BCUT2D eigenvalue weighted by molar-refractivity contribution is 5.21. The maximum absolute atomic E-state index is 9.15. The second kappa shape index (κ2) is 10.7. The van der Waals surface area contributed by atoms with E-state index in [0.717, 1.165) is 36.4 Å². The standard InChI is InChI=1S/C16H26NO2.ClH/c1-3-17(4-2,13-14-18)12-8-9-15-19-16-10-6-5-7-11-16;/h5-11,18H,3-4,12-15H2,1-2H3;1H/q+1;/p-1. The minimum Gasteiger partial charge on any atom is -1.00 e. The molecular formula is C16H26ClNO2. The molecule has 1 rings (SSSR count). The van der Waals surface area contributed by atoms with Crippen LogP contribution in [0.4, 0.5) is 0 Å². The number of likely N-dealkylation sites (N-methyl/N-ethyl adjacent to an activating group) is 1. The Hall–Kier alpha value is -1.03. The molecule has 0 aromatic heterocycles. The van der Waals surface area contributed by atoms with Gasteiger partial charge in [0.15, 0.2) is 0 Å². The van der Waals surface area contributed by atoms with Gasteiger partial charge >= 0.3 is 0 Å². The topological polar surface area (TPSA) is 29.5 Å². The predicted octanol–water partition coefficient (Wildman–Crippen LogP) is -0.525. The summed E-state index contributed by atoms with van der Waals surface area (Å²) in [4.78, 5) is 0. The zero-order valence-electron chi connectivity index (χ0n) is 12.5. The van der Waals surface area contributed by atoms with Gasteiger partial charge in [0.1, 0.15) is 18.9 Å². The molecule has 0 saturated heterocycles. The molecule has 0 aliphatic heterocycles. The van der Waals surface area contributed by atoms with Crippen LogP contribution >= 0.6 is 0 Å². The van der Waals surface area contributed by atoms with Gasteiger partial charge in [-0.2, -0.15) is 0 Å². The molecule has 0 fully saturated rings. The van der Waals surface area contributed by atoms with Crippen LogP contribution in [-0.4, -0.2) is 49.0 Å². The molecule has 0 bridgehead atoms. The Morgan fingerprint density at radius 3 is 2.30 bits per heavy atom. The van der Waals surface area contributed by atoms with E-state index in [9.17, 15) is 0 Å². The van der Waals surface area contributed by atoms with E-state index in [-0.39, 0.29) is 19.0 Å². The van der Waals surface area contributed by atoms with E-state index in [1.807, 2.05) is 30.3 Å². The average Bonchev–Trinajstić information content (AvgIpc) is 2.47. The summed E-state index contributed by atoms with van der Waals surface area (Å²) in [7, 11) is 0. The highest BCUT2D eigenvalue weighted by Crippen LogP contribution is 2.08. The lowest BCUT2D eigenvalue weighted by Gasteiger charge is -2.35. The fourth-order valence-electron chi connectivity index (χ4n) is 2.13. The smallest absolute Gasteiger partial charge is 0.119 e. The van der Waals surface area contributed by atoms with Crippen molar-refractivity contribution in [3.05, 3.63) is 42.5 Å². The first-order valence-electron chi connectivity index (χ1n) is 7.05. The number of benzene rings is 1. The summed E-state index contributed by atoms with van der Waals surface area (Å²) in [5, 5.41) is 9.15. The first-order chi connectivity index (χ1) is 9.26. The third-order valence-electron chi connectivity index (χ3n) is 3.66. The SMILES string of the molecule is CC[N+](CC)(CC=CCOc1ccccc1)CCO.[Cl-]. The van der Waals surface area contributed by atoms with Crippen LogP contribution in [0.5, 0.6) is 5.75 Å². The molecule has 3 nitrogen and oxygen atoms in total. The maximum Gasteiger partial charge on any atom is 0.119 e. The lowest BCUT2D eigenvalue weighted by atomic mass is 10.3. The van der Waals surface area contributed by atoms with Gasteiger partial charge in [-0.15, -0.1) is 0 Å². The molecule has 0 amide bonds. The van der Waals surface area contributed by atoms with E-state index in [2.05, 4.69) is 26.0 Å². The van der Waals surface area contributed by atoms with Gasteiger partial charge in [-0.3, -0.25) is 0 Å². The Bertz CT molecular complexity index is 364. The fourth-order valence-corrected chi connectivity index (χ4v) is 2.13. The lowest BCUT2D eigenvalue weighted by Crippen LogP contribution is -3.00. The van der Waals surface area contributed by atoms with Gasteiger partial charge in [-0.1, -0.05) is 18.2 Å². The molecule has 4 heteroatoms. The molecule has 0 atom stereocenters. The fraction of sp³-hybridized carbons (Fsp3) is 0.500. The lowest BCUT2D eigenvalue weighted by molar-refractivity contribution is -0.919. The van der Waals surface area contributed by atoms with Crippen molar-refractivity contribution < 1.29 is 26.7 Å². The Balaban J connectivity index is 0.00000361. The van der Waals surface area contributed by atoms with Crippen molar-refractivity contribution in [2.75, 3.05) is 39.4 Å².